The summed E-state index contributed by atoms with van der Waals surface area (Å²) in [5.74, 6) is 0. The Morgan fingerprint density at radius 3 is 2.81 bits per heavy atom. The average Bonchev–Trinajstić information content (AvgIpc) is 2.73. The highest BCUT2D eigenvalue weighted by atomic mass is 35.5. The van der Waals surface area contributed by atoms with Gasteiger partial charge in [-0.05, 0) is 36.5 Å². The van der Waals surface area contributed by atoms with Crippen molar-refractivity contribution in [2.75, 3.05) is 0 Å². The van der Waals surface area contributed by atoms with E-state index in [-0.39, 0.29) is 0 Å². The fourth-order valence-corrected chi connectivity index (χ4v) is 2.51. The van der Waals surface area contributed by atoms with Gasteiger partial charge in [0.25, 0.3) is 0 Å². The lowest BCUT2D eigenvalue weighted by Gasteiger charge is -2.11. The third-order valence-corrected chi connectivity index (χ3v) is 3.39. The van der Waals surface area contributed by atoms with Crippen molar-refractivity contribution in [1.29, 1.82) is 0 Å². The number of unbranched alkanes of at least 4 members (excludes halogenated alkanes) is 1. The molecule has 0 atom stereocenters. The Balaban J connectivity index is 2.55. The van der Waals surface area contributed by atoms with Crippen LogP contribution in [0.25, 0.3) is 10.9 Å². The SMILES string of the molecule is CCCCc1c(Cl)cc2[nH]ncc2c1CC. The first-order valence-corrected chi connectivity index (χ1v) is 6.29. The maximum absolute atomic E-state index is 6.33. The Morgan fingerprint density at radius 1 is 1.31 bits per heavy atom. The summed E-state index contributed by atoms with van der Waals surface area (Å²) < 4.78 is 0. The molecule has 0 aliphatic carbocycles. The van der Waals surface area contributed by atoms with Gasteiger partial charge in [0.15, 0.2) is 0 Å². The molecule has 0 saturated heterocycles. The van der Waals surface area contributed by atoms with E-state index in [0.717, 1.165) is 23.4 Å². The molecule has 16 heavy (non-hydrogen) atoms. The van der Waals surface area contributed by atoms with E-state index < -0.39 is 0 Å². The molecule has 0 bridgehead atoms. The zero-order valence-corrected chi connectivity index (χ0v) is 10.6. The maximum atomic E-state index is 6.33. The Hall–Kier alpha value is -1.02. The molecule has 0 fully saturated rings. The van der Waals surface area contributed by atoms with E-state index in [0.29, 0.717) is 0 Å². The lowest BCUT2D eigenvalue weighted by molar-refractivity contribution is 0.789. The van der Waals surface area contributed by atoms with Crippen molar-refractivity contribution in [2.45, 2.75) is 39.5 Å². The highest BCUT2D eigenvalue weighted by Gasteiger charge is 2.11. The standard InChI is InChI=1S/C13H17ClN2/c1-3-5-6-10-9(4-2)11-8-15-16-13(11)7-12(10)14/h7-8H,3-6H2,1-2H3,(H,15,16). The molecule has 1 N–H and O–H groups in total. The van der Waals surface area contributed by atoms with Crippen molar-refractivity contribution in [1.82, 2.24) is 10.2 Å². The largest absolute Gasteiger partial charge is 0.278 e. The van der Waals surface area contributed by atoms with E-state index in [1.807, 2.05) is 12.3 Å². The summed E-state index contributed by atoms with van der Waals surface area (Å²) in [5, 5.41) is 9.17. The molecule has 0 spiro atoms. The van der Waals surface area contributed by atoms with Crippen molar-refractivity contribution in [2.24, 2.45) is 0 Å². The lowest BCUT2D eigenvalue weighted by Crippen LogP contribution is -1.95. The van der Waals surface area contributed by atoms with E-state index in [9.17, 15) is 0 Å². The molecular weight excluding hydrogens is 220 g/mol. The van der Waals surface area contributed by atoms with Crippen molar-refractivity contribution in [3.05, 3.63) is 28.4 Å². The third-order valence-electron chi connectivity index (χ3n) is 3.05. The third kappa shape index (κ3) is 1.94. The smallest absolute Gasteiger partial charge is 0.0668 e. The number of benzene rings is 1. The normalized spacial score (nSPS) is 11.2. The van der Waals surface area contributed by atoms with Crippen molar-refractivity contribution < 1.29 is 0 Å². The molecule has 1 aromatic carbocycles. The minimum atomic E-state index is 0.877. The molecule has 0 radical (unpaired) electrons. The lowest BCUT2D eigenvalue weighted by atomic mass is 9.97. The van der Waals surface area contributed by atoms with Gasteiger partial charge in [0.05, 0.1) is 11.7 Å². The van der Waals surface area contributed by atoms with E-state index >= 15 is 0 Å². The van der Waals surface area contributed by atoms with Crippen LogP contribution in [0, 0.1) is 0 Å². The van der Waals surface area contributed by atoms with E-state index in [1.54, 1.807) is 0 Å². The van der Waals surface area contributed by atoms with Crippen LogP contribution in [0.4, 0.5) is 0 Å². The monoisotopic (exact) mass is 236 g/mol. The number of hydrogen-bond donors (Lipinski definition) is 1. The molecule has 2 nitrogen and oxygen atoms in total. The second-order valence-electron chi connectivity index (χ2n) is 4.10. The summed E-state index contributed by atoms with van der Waals surface area (Å²) >= 11 is 6.33. The predicted molar refractivity (Wildman–Crippen MR) is 69.1 cm³/mol. The van der Waals surface area contributed by atoms with Gasteiger partial charge in [-0.15, -0.1) is 0 Å². The highest BCUT2D eigenvalue weighted by molar-refractivity contribution is 6.32. The van der Waals surface area contributed by atoms with Gasteiger partial charge in [-0.3, -0.25) is 5.10 Å². The number of aromatic amines is 1. The van der Waals surface area contributed by atoms with Crippen LogP contribution in [0.3, 0.4) is 0 Å². The van der Waals surface area contributed by atoms with E-state index in [1.165, 1.54) is 29.4 Å². The summed E-state index contributed by atoms with van der Waals surface area (Å²) in [7, 11) is 0. The molecule has 0 aliphatic heterocycles. The molecule has 3 heteroatoms. The zero-order valence-electron chi connectivity index (χ0n) is 9.81. The fraction of sp³-hybridized carbons (Fsp3) is 0.462. The summed E-state index contributed by atoms with van der Waals surface area (Å²) in [6.45, 7) is 4.38. The summed E-state index contributed by atoms with van der Waals surface area (Å²) in [6, 6.07) is 1.99. The van der Waals surface area contributed by atoms with Gasteiger partial charge in [0.2, 0.25) is 0 Å². The van der Waals surface area contributed by atoms with Crippen molar-refractivity contribution in [3.8, 4) is 0 Å². The minimum absolute atomic E-state index is 0.877. The molecule has 1 aromatic heterocycles. The number of aryl methyl sites for hydroxylation is 1. The van der Waals surface area contributed by atoms with Gasteiger partial charge >= 0.3 is 0 Å². The quantitative estimate of drug-likeness (QED) is 0.850. The van der Waals surface area contributed by atoms with Gasteiger partial charge in [-0.1, -0.05) is 31.9 Å². The van der Waals surface area contributed by atoms with Gasteiger partial charge in [0.1, 0.15) is 0 Å². The second kappa shape index (κ2) is 4.88. The Bertz CT molecular complexity index is 488. The Kier molecular flexibility index (Phi) is 3.49. The molecule has 2 aromatic rings. The van der Waals surface area contributed by atoms with Crippen LogP contribution >= 0.6 is 11.6 Å². The number of hydrogen-bond acceptors (Lipinski definition) is 1. The van der Waals surface area contributed by atoms with Crippen LogP contribution in [-0.4, -0.2) is 10.2 Å². The van der Waals surface area contributed by atoms with Crippen molar-refractivity contribution >= 4 is 22.5 Å². The first-order chi connectivity index (χ1) is 7.77. The first kappa shape index (κ1) is 11.5. The van der Waals surface area contributed by atoms with E-state index in [2.05, 4.69) is 24.0 Å². The number of halogens is 1. The van der Waals surface area contributed by atoms with Crippen LogP contribution in [0.15, 0.2) is 12.3 Å². The molecule has 86 valence electrons. The summed E-state index contributed by atoms with van der Waals surface area (Å²) in [5.41, 5.74) is 3.70. The van der Waals surface area contributed by atoms with E-state index in [4.69, 9.17) is 11.6 Å². The fourth-order valence-electron chi connectivity index (χ4n) is 2.19. The van der Waals surface area contributed by atoms with Gasteiger partial charge < -0.3 is 0 Å². The molecular formula is C13H17ClN2. The Morgan fingerprint density at radius 2 is 2.12 bits per heavy atom. The molecule has 0 unspecified atom stereocenters. The zero-order chi connectivity index (χ0) is 11.5. The number of H-pyrrole nitrogens is 1. The number of nitrogens with one attached hydrogen (secondary N) is 1. The topological polar surface area (TPSA) is 28.7 Å². The maximum Gasteiger partial charge on any atom is 0.0668 e. The molecule has 1 heterocycles. The molecule has 0 saturated carbocycles. The second-order valence-corrected chi connectivity index (χ2v) is 4.51. The number of rotatable bonds is 4. The average molecular weight is 237 g/mol. The Labute approximate surface area is 101 Å². The number of fused-ring (bicyclic) bond motifs is 1. The summed E-state index contributed by atoms with van der Waals surface area (Å²) in [6.07, 6.45) is 6.37. The summed E-state index contributed by atoms with van der Waals surface area (Å²) in [4.78, 5) is 0. The van der Waals surface area contributed by atoms with Crippen LogP contribution in [-0.2, 0) is 12.8 Å². The number of nitrogens with zero attached hydrogens (tertiary/aromatic N) is 1. The minimum Gasteiger partial charge on any atom is -0.278 e. The predicted octanol–water partition coefficient (Wildman–Crippen LogP) is 4.12. The number of aromatic nitrogens is 2. The van der Waals surface area contributed by atoms with Gasteiger partial charge in [0, 0.05) is 10.4 Å². The molecule has 0 aliphatic rings. The van der Waals surface area contributed by atoms with Gasteiger partial charge in [-0.2, -0.15) is 5.10 Å². The van der Waals surface area contributed by atoms with Crippen LogP contribution < -0.4 is 0 Å². The molecule has 2 rings (SSSR count). The van der Waals surface area contributed by atoms with Gasteiger partial charge in [-0.25, -0.2) is 0 Å². The van der Waals surface area contributed by atoms with Crippen LogP contribution in [0.5, 0.6) is 0 Å². The van der Waals surface area contributed by atoms with Crippen molar-refractivity contribution in [3.63, 3.8) is 0 Å². The molecule has 0 amide bonds. The first-order valence-electron chi connectivity index (χ1n) is 5.91. The van der Waals surface area contributed by atoms with Crippen LogP contribution in [0.1, 0.15) is 37.8 Å². The van der Waals surface area contributed by atoms with Crippen LogP contribution in [0.2, 0.25) is 5.02 Å². The highest BCUT2D eigenvalue weighted by Crippen LogP contribution is 2.29.